The largest absolute Gasteiger partial charge is 0.460 e. The van der Waals surface area contributed by atoms with E-state index in [0.717, 1.165) is 0 Å². The van der Waals surface area contributed by atoms with Gasteiger partial charge in [-0.05, 0) is 0 Å². The smallest absolute Gasteiger partial charge is 0.158 e. The Kier molecular flexibility index (Phi) is 1.64. The van der Waals surface area contributed by atoms with E-state index in [9.17, 15) is 17.6 Å². The van der Waals surface area contributed by atoms with Gasteiger partial charge in [0.2, 0.25) is 0 Å². The van der Waals surface area contributed by atoms with Crippen LogP contribution in [0.4, 0.5) is 17.6 Å². The average Bonchev–Trinajstić information content (AvgIpc) is 1.30. The van der Waals surface area contributed by atoms with Crippen molar-refractivity contribution in [3.05, 3.63) is 0 Å². The van der Waals surface area contributed by atoms with E-state index in [1.807, 2.05) is 0 Å². The highest BCUT2D eigenvalue weighted by atomic mass is 19.4. The molecular formula is C3F4. The minimum absolute atomic E-state index is 0.233. The third-order valence-corrected chi connectivity index (χ3v) is 0.189. The maximum atomic E-state index is 10.6. The van der Waals surface area contributed by atoms with Gasteiger partial charge in [0.05, 0.1) is 0 Å². The van der Waals surface area contributed by atoms with Crippen LogP contribution in [0.3, 0.4) is 0 Å². The van der Waals surface area contributed by atoms with E-state index in [1.165, 1.54) is 0 Å². The minimum atomic E-state index is -4.69. The Hall–Kier alpha value is -0.720. The van der Waals surface area contributed by atoms with Crippen molar-refractivity contribution in [2.24, 2.45) is 0 Å². The van der Waals surface area contributed by atoms with Crippen LogP contribution in [0.5, 0.6) is 0 Å². The molecule has 0 atom stereocenters. The third-order valence-electron chi connectivity index (χ3n) is 0.189. The Balaban J connectivity index is 3.72. The molecular weight excluding hydrogens is 112 g/mol. The van der Waals surface area contributed by atoms with Crippen LogP contribution in [-0.2, 0) is 0 Å². The Morgan fingerprint density at radius 3 is 1.57 bits per heavy atom. The molecule has 0 radical (unpaired) electrons. The molecule has 0 rings (SSSR count). The summed E-state index contributed by atoms with van der Waals surface area (Å²) >= 11 is 0. The molecule has 4 heteroatoms. The monoisotopic (exact) mass is 112 g/mol. The molecule has 0 aromatic rings. The summed E-state index contributed by atoms with van der Waals surface area (Å²) in [4.78, 5) is 0. The highest BCUT2D eigenvalue weighted by Crippen LogP contribution is 2.11. The second kappa shape index (κ2) is 1.82. The lowest BCUT2D eigenvalue weighted by Gasteiger charge is -1.88. The number of halogens is 4. The molecule has 0 aromatic carbocycles. The Labute approximate surface area is 37.1 Å². The van der Waals surface area contributed by atoms with Gasteiger partial charge in [0.15, 0.2) is 0 Å². The summed E-state index contributed by atoms with van der Waals surface area (Å²) < 4.78 is 42.3. The highest BCUT2D eigenvalue weighted by Gasteiger charge is 2.23. The molecule has 0 amide bonds. The lowest BCUT2D eigenvalue weighted by Crippen LogP contribution is -2.00. The lowest BCUT2D eigenvalue weighted by atomic mass is 10.7. The van der Waals surface area contributed by atoms with Crippen molar-refractivity contribution in [2.45, 2.75) is 6.18 Å². The molecule has 0 aliphatic rings. The van der Waals surface area contributed by atoms with Crippen molar-refractivity contribution in [2.75, 3.05) is 0 Å². The first kappa shape index (κ1) is 6.28. The first-order chi connectivity index (χ1) is 3.06. The molecule has 0 nitrogen and oxygen atoms in total. The molecule has 0 saturated carbocycles. The Morgan fingerprint density at radius 1 is 1.14 bits per heavy atom. The summed E-state index contributed by atoms with van der Waals surface area (Å²) in [5.74, 6) is 0.368. The van der Waals surface area contributed by atoms with Crippen LogP contribution in [0, 0.1) is 12.1 Å². The SMILES string of the molecule is FC#CC(F)(F)F. The number of hydrogen-bond donors (Lipinski definition) is 0. The van der Waals surface area contributed by atoms with Gasteiger partial charge in [0, 0.05) is 5.92 Å². The third kappa shape index (κ3) is 5.28. The summed E-state index contributed by atoms with van der Waals surface area (Å²) in [6.07, 6.45) is -4.45. The molecule has 0 aliphatic heterocycles. The topological polar surface area (TPSA) is 0 Å². The predicted molar refractivity (Wildman–Crippen MR) is 14.9 cm³/mol. The van der Waals surface area contributed by atoms with Crippen molar-refractivity contribution in [3.63, 3.8) is 0 Å². The zero-order valence-electron chi connectivity index (χ0n) is 3.01. The van der Waals surface area contributed by atoms with E-state index >= 15 is 0 Å². The summed E-state index contributed by atoms with van der Waals surface area (Å²) in [6, 6.07) is 0. The molecule has 0 fully saturated rings. The van der Waals surface area contributed by atoms with Crippen LogP contribution >= 0.6 is 0 Å². The summed E-state index contributed by atoms with van der Waals surface area (Å²) in [5.41, 5.74) is 0. The van der Waals surface area contributed by atoms with Gasteiger partial charge in [-0.3, -0.25) is 0 Å². The van der Waals surface area contributed by atoms with Crippen LogP contribution in [0.25, 0.3) is 0 Å². The lowest BCUT2D eigenvalue weighted by molar-refractivity contribution is -0.0699. The van der Waals surface area contributed by atoms with Crippen molar-refractivity contribution >= 4 is 0 Å². The van der Waals surface area contributed by atoms with E-state index in [0.29, 0.717) is 5.92 Å². The van der Waals surface area contributed by atoms with E-state index in [1.54, 1.807) is 0 Å². The first-order valence-electron chi connectivity index (χ1n) is 1.26. The Bertz CT molecular complexity index is 100. The normalized spacial score (nSPS) is 9.71. The van der Waals surface area contributed by atoms with Gasteiger partial charge in [0.25, 0.3) is 0 Å². The van der Waals surface area contributed by atoms with Gasteiger partial charge in [-0.2, -0.15) is 13.2 Å². The van der Waals surface area contributed by atoms with Gasteiger partial charge in [-0.25, -0.2) is 0 Å². The zero-order chi connectivity index (χ0) is 5.91. The van der Waals surface area contributed by atoms with Crippen molar-refractivity contribution < 1.29 is 17.6 Å². The Morgan fingerprint density at radius 2 is 1.57 bits per heavy atom. The molecule has 40 valence electrons. The molecule has 0 bridgehead atoms. The average molecular weight is 112 g/mol. The molecule has 7 heavy (non-hydrogen) atoms. The van der Waals surface area contributed by atoms with Crippen LogP contribution in [0.15, 0.2) is 0 Å². The van der Waals surface area contributed by atoms with Crippen LogP contribution in [-0.4, -0.2) is 6.18 Å². The maximum absolute atomic E-state index is 10.6. The van der Waals surface area contributed by atoms with E-state index in [2.05, 4.69) is 0 Å². The van der Waals surface area contributed by atoms with Gasteiger partial charge in [-0.1, -0.05) is 0 Å². The minimum Gasteiger partial charge on any atom is -0.158 e. The molecule has 0 saturated heterocycles. The van der Waals surface area contributed by atoms with Crippen molar-refractivity contribution in [1.82, 2.24) is 0 Å². The summed E-state index contributed by atoms with van der Waals surface area (Å²) in [5, 5.41) is 0. The predicted octanol–water partition coefficient (Wildman–Crippen LogP) is 1.48. The molecule has 0 heterocycles. The second-order valence-corrected chi connectivity index (χ2v) is 0.717. The first-order valence-corrected chi connectivity index (χ1v) is 1.26. The molecule has 0 aromatic heterocycles. The molecule has 0 N–H and O–H groups in total. The quantitative estimate of drug-likeness (QED) is 0.329. The highest BCUT2D eigenvalue weighted by molar-refractivity contribution is 4.98. The maximum Gasteiger partial charge on any atom is 0.460 e. The van der Waals surface area contributed by atoms with Gasteiger partial charge < -0.3 is 0 Å². The molecule has 0 unspecified atom stereocenters. The van der Waals surface area contributed by atoms with E-state index in [-0.39, 0.29) is 6.17 Å². The number of hydrogen-bond acceptors (Lipinski definition) is 0. The van der Waals surface area contributed by atoms with E-state index < -0.39 is 6.18 Å². The van der Waals surface area contributed by atoms with Crippen molar-refractivity contribution in [1.29, 1.82) is 0 Å². The van der Waals surface area contributed by atoms with Crippen LogP contribution in [0.2, 0.25) is 0 Å². The summed E-state index contributed by atoms with van der Waals surface area (Å²) in [6.45, 7) is 0. The van der Waals surface area contributed by atoms with Gasteiger partial charge in [0.1, 0.15) is 6.17 Å². The van der Waals surface area contributed by atoms with E-state index in [4.69, 9.17) is 0 Å². The second-order valence-electron chi connectivity index (χ2n) is 0.717. The fraction of sp³-hybridized carbons (Fsp3) is 0.333. The molecule has 0 spiro atoms. The van der Waals surface area contributed by atoms with Gasteiger partial charge in [-0.15, -0.1) is 4.39 Å². The van der Waals surface area contributed by atoms with Crippen LogP contribution < -0.4 is 0 Å². The van der Waals surface area contributed by atoms with Crippen molar-refractivity contribution in [3.8, 4) is 12.1 Å². The zero-order valence-corrected chi connectivity index (χ0v) is 3.01. The van der Waals surface area contributed by atoms with Gasteiger partial charge >= 0.3 is 6.18 Å². The fourth-order valence-corrected chi connectivity index (χ4v) is 0.0536. The van der Waals surface area contributed by atoms with Crippen LogP contribution in [0.1, 0.15) is 0 Å². The number of rotatable bonds is 0. The summed E-state index contributed by atoms with van der Waals surface area (Å²) in [7, 11) is 0. The fourth-order valence-electron chi connectivity index (χ4n) is 0.0536. The standard InChI is InChI=1S/C3F4/c4-2-1-3(5,6)7. The molecule has 0 aliphatic carbocycles. The number of alkyl halides is 3.